The minimum atomic E-state index is -0.673. The minimum absolute atomic E-state index is 0.0917. The molecule has 2 rings (SSSR count). The maximum absolute atomic E-state index is 12.0. The number of carbonyl (C=O) groups excluding carboxylic acids is 3. The molecule has 1 aromatic carbocycles. The van der Waals surface area contributed by atoms with Gasteiger partial charge >= 0.3 is 0 Å². The van der Waals surface area contributed by atoms with Crippen LogP contribution in [0.5, 0.6) is 0 Å². The van der Waals surface area contributed by atoms with E-state index < -0.39 is 17.6 Å². The third kappa shape index (κ3) is 2.16. The van der Waals surface area contributed by atoms with Crippen molar-refractivity contribution in [3.05, 3.63) is 28.8 Å². The molecule has 0 radical (unpaired) electrons. The molecule has 1 aromatic rings. The van der Waals surface area contributed by atoms with Crippen LogP contribution in [0.3, 0.4) is 0 Å². The molecule has 0 fully saturated rings. The lowest BCUT2D eigenvalue weighted by Crippen LogP contribution is -2.40. The lowest BCUT2D eigenvalue weighted by atomic mass is 10.0. The first-order valence-corrected chi connectivity index (χ1v) is 6.14. The number of carbonyl (C=O) groups is 3. The second-order valence-electron chi connectivity index (χ2n) is 4.62. The Kier molecular flexibility index (Phi) is 3.57. The highest BCUT2D eigenvalue weighted by atomic mass is 16.2. The molecule has 102 valence electrons. The number of hydrogen-bond acceptors (Lipinski definition) is 3. The summed E-state index contributed by atoms with van der Waals surface area (Å²) in [5.41, 5.74) is 2.43. The van der Waals surface area contributed by atoms with E-state index in [1.54, 1.807) is 19.9 Å². The number of nitrogens with one attached hydrogen (secondary N) is 1. The number of hydrogen-bond donors (Lipinski definition) is 1. The number of nitrogens with zero attached hydrogens (tertiary/aromatic N) is 1. The van der Waals surface area contributed by atoms with Gasteiger partial charge in [0, 0.05) is 0 Å². The maximum Gasteiger partial charge on any atom is 0.299 e. The van der Waals surface area contributed by atoms with Crippen LogP contribution < -0.4 is 10.2 Å². The molecule has 2 amide bonds. The summed E-state index contributed by atoms with van der Waals surface area (Å²) in [5, 5.41) is 2.48. The fraction of sp³-hybridized carbons (Fsp3) is 0.267. The van der Waals surface area contributed by atoms with E-state index in [2.05, 4.69) is 11.2 Å². The molecule has 0 aliphatic carbocycles. The molecule has 20 heavy (non-hydrogen) atoms. The minimum Gasteiger partial charge on any atom is -0.344 e. The van der Waals surface area contributed by atoms with Gasteiger partial charge in [-0.05, 0) is 25.0 Å². The van der Waals surface area contributed by atoms with Crippen molar-refractivity contribution in [1.82, 2.24) is 5.32 Å². The first-order valence-electron chi connectivity index (χ1n) is 6.14. The Balaban J connectivity index is 2.36. The van der Waals surface area contributed by atoms with Crippen LogP contribution in [-0.4, -0.2) is 30.7 Å². The van der Waals surface area contributed by atoms with E-state index in [1.165, 1.54) is 4.90 Å². The van der Waals surface area contributed by atoms with Crippen LogP contribution in [0, 0.1) is 26.2 Å². The predicted molar refractivity (Wildman–Crippen MR) is 74.4 cm³/mol. The van der Waals surface area contributed by atoms with Crippen LogP contribution in [-0.2, 0) is 9.59 Å². The average molecular weight is 270 g/mol. The first-order chi connectivity index (χ1) is 9.47. The number of terminal acetylenes is 1. The summed E-state index contributed by atoms with van der Waals surface area (Å²) in [6.45, 7) is 3.46. The smallest absolute Gasteiger partial charge is 0.299 e. The van der Waals surface area contributed by atoms with Crippen LogP contribution in [0.25, 0.3) is 0 Å². The zero-order valence-electron chi connectivity index (χ0n) is 11.3. The number of ketones is 1. The van der Waals surface area contributed by atoms with E-state index in [4.69, 9.17) is 6.42 Å². The Labute approximate surface area is 117 Å². The first kappa shape index (κ1) is 13.8. The average Bonchev–Trinajstić information content (AvgIpc) is 2.67. The van der Waals surface area contributed by atoms with Gasteiger partial charge in [-0.25, -0.2) is 0 Å². The van der Waals surface area contributed by atoms with Crippen molar-refractivity contribution in [3.8, 4) is 12.3 Å². The molecule has 5 nitrogen and oxygen atoms in total. The standard InChI is InChI=1S/C15H14N2O3/c1-4-7-16-11(18)8-17-13-10(3)6-5-9(2)12(13)14(19)15(17)20/h1,5-6H,7-8H2,2-3H3,(H,16,18). The molecule has 0 saturated carbocycles. The summed E-state index contributed by atoms with van der Waals surface area (Å²) in [4.78, 5) is 37.0. The number of aryl methyl sites for hydroxylation is 2. The number of fused-ring (bicyclic) bond motifs is 1. The SMILES string of the molecule is C#CCNC(=O)CN1C(=O)C(=O)c2c(C)ccc(C)c21. The van der Waals surface area contributed by atoms with Crippen molar-refractivity contribution in [3.63, 3.8) is 0 Å². The van der Waals surface area contributed by atoms with Crippen molar-refractivity contribution in [2.45, 2.75) is 13.8 Å². The summed E-state index contributed by atoms with van der Waals surface area (Å²) >= 11 is 0. The highest BCUT2D eigenvalue weighted by Crippen LogP contribution is 2.34. The topological polar surface area (TPSA) is 66.5 Å². The maximum atomic E-state index is 12.0. The highest BCUT2D eigenvalue weighted by molar-refractivity contribution is 6.53. The zero-order chi connectivity index (χ0) is 14.9. The Hall–Kier alpha value is -2.61. The summed E-state index contributed by atoms with van der Waals surface area (Å²) in [6, 6.07) is 3.62. The molecule has 0 saturated heterocycles. The van der Waals surface area contributed by atoms with E-state index in [0.717, 1.165) is 11.1 Å². The Morgan fingerprint density at radius 2 is 1.95 bits per heavy atom. The quantitative estimate of drug-likeness (QED) is 0.645. The molecular weight excluding hydrogens is 256 g/mol. The van der Waals surface area contributed by atoms with E-state index in [1.807, 2.05) is 6.07 Å². The van der Waals surface area contributed by atoms with Crippen LogP contribution in [0.1, 0.15) is 21.5 Å². The predicted octanol–water partition coefficient (Wildman–Crippen LogP) is 0.582. The van der Waals surface area contributed by atoms with Crippen molar-refractivity contribution >= 4 is 23.3 Å². The Morgan fingerprint density at radius 1 is 1.30 bits per heavy atom. The zero-order valence-corrected chi connectivity index (χ0v) is 11.3. The van der Waals surface area contributed by atoms with Gasteiger partial charge in [-0.3, -0.25) is 19.3 Å². The Morgan fingerprint density at radius 3 is 2.60 bits per heavy atom. The molecule has 1 aliphatic heterocycles. The van der Waals surface area contributed by atoms with E-state index in [-0.39, 0.29) is 13.1 Å². The number of rotatable bonds is 3. The number of anilines is 1. The van der Waals surface area contributed by atoms with Crippen LogP contribution in [0.2, 0.25) is 0 Å². The fourth-order valence-electron chi connectivity index (χ4n) is 2.26. The summed E-state index contributed by atoms with van der Waals surface area (Å²) < 4.78 is 0. The van der Waals surface area contributed by atoms with Gasteiger partial charge in [0.05, 0.1) is 17.8 Å². The van der Waals surface area contributed by atoms with Crippen LogP contribution in [0.4, 0.5) is 5.69 Å². The second-order valence-corrected chi connectivity index (χ2v) is 4.62. The molecule has 1 heterocycles. The van der Waals surface area contributed by atoms with Crippen molar-refractivity contribution in [2.24, 2.45) is 0 Å². The third-order valence-electron chi connectivity index (χ3n) is 3.21. The Bertz CT molecular complexity index is 656. The highest BCUT2D eigenvalue weighted by Gasteiger charge is 2.38. The summed E-state index contributed by atoms with van der Waals surface area (Å²) in [6.07, 6.45) is 5.06. The fourth-order valence-corrected chi connectivity index (χ4v) is 2.26. The second kappa shape index (κ2) is 5.17. The normalized spacial score (nSPS) is 13.2. The van der Waals surface area contributed by atoms with E-state index >= 15 is 0 Å². The van der Waals surface area contributed by atoms with Gasteiger partial charge in [-0.2, -0.15) is 0 Å². The molecule has 5 heteroatoms. The largest absolute Gasteiger partial charge is 0.344 e. The molecule has 0 spiro atoms. The van der Waals surface area contributed by atoms with Gasteiger partial charge < -0.3 is 5.32 Å². The number of amides is 2. The lowest BCUT2D eigenvalue weighted by molar-refractivity contribution is -0.121. The van der Waals surface area contributed by atoms with Crippen molar-refractivity contribution < 1.29 is 14.4 Å². The van der Waals surface area contributed by atoms with Gasteiger partial charge in [-0.1, -0.05) is 18.1 Å². The van der Waals surface area contributed by atoms with Gasteiger partial charge in [0.2, 0.25) is 5.91 Å². The van der Waals surface area contributed by atoms with Crippen molar-refractivity contribution in [2.75, 3.05) is 18.0 Å². The molecular formula is C15H14N2O3. The molecule has 0 unspecified atom stereocenters. The van der Waals surface area contributed by atoms with Crippen LogP contribution >= 0.6 is 0 Å². The molecule has 0 atom stereocenters. The van der Waals surface area contributed by atoms with Crippen molar-refractivity contribution in [1.29, 1.82) is 0 Å². The molecule has 1 N–H and O–H groups in total. The number of Topliss-reactive ketones (excluding diaryl/α,β-unsaturated/α-hetero) is 1. The summed E-state index contributed by atoms with van der Waals surface area (Å²) in [7, 11) is 0. The molecule has 1 aliphatic rings. The van der Waals surface area contributed by atoms with Gasteiger partial charge in [-0.15, -0.1) is 6.42 Å². The summed E-state index contributed by atoms with van der Waals surface area (Å²) in [5.74, 6) is 0.653. The third-order valence-corrected chi connectivity index (χ3v) is 3.21. The monoisotopic (exact) mass is 270 g/mol. The van der Waals surface area contributed by atoms with Crippen LogP contribution in [0.15, 0.2) is 12.1 Å². The van der Waals surface area contributed by atoms with Gasteiger partial charge in [0.1, 0.15) is 6.54 Å². The number of benzene rings is 1. The lowest BCUT2D eigenvalue weighted by Gasteiger charge is -2.18. The van der Waals surface area contributed by atoms with E-state index in [0.29, 0.717) is 11.3 Å². The van der Waals surface area contributed by atoms with Gasteiger partial charge in [0.25, 0.3) is 11.7 Å². The molecule has 0 aromatic heterocycles. The van der Waals surface area contributed by atoms with E-state index in [9.17, 15) is 14.4 Å². The van der Waals surface area contributed by atoms with Gasteiger partial charge in [0.15, 0.2) is 0 Å². The molecule has 0 bridgehead atoms.